The molecule has 136 valence electrons. The van der Waals surface area contributed by atoms with Crippen LogP contribution in [0.5, 0.6) is 0 Å². The second kappa shape index (κ2) is 11.3. The number of amides is 1. The van der Waals surface area contributed by atoms with E-state index >= 15 is 0 Å². The van der Waals surface area contributed by atoms with Crippen LogP contribution in [0, 0.1) is 0 Å². The lowest BCUT2D eigenvalue weighted by atomic mass is 10.2. The van der Waals surface area contributed by atoms with Gasteiger partial charge in [-0.2, -0.15) is 0 Å². The molecule has 1 atom stereocenters. The van der Waals surface area contributed by atoms with E-state index in [4.69, 9.17) is 0 Å². The third-order valence-electron chi connectivity index (χ3n) is 3.93. The van der Waals surface area contributed by atoms with Gasteiger partial charge in [0.15, 0.2) is 5.16 Å². The Morgan fingerprint density at radius 3 is 2.62 bits per heavy atom. The van der Waals surface area contributed by atoms with E-state index < -0.39 is 0 Å². The number of thioether (sulfide) groups is 1. The summed E-state index contributed by atoms with van der Waals surface area (Å²) >= 11 is 1.40. The van der Waals surface area contributed by atoms with Gasteiger partial charge in [-0.25, -0.2) is 4.98 Å². The molecule has 0 aliphatic carbocycles. The van der Waals surface area contributed by atoms with Crippen LogP contribution in [0.3, 0.4) is 0 Å². The normalized spacial score (nSPS) is 12.2. The SMILES string of the molecule is CCCCCCNC(=O)C(CCC)Sc1nc(CC)cc(=O)n1C. The van der Waals surface area contributed by atoms with E-state index in [0.717, 1.165) is 37.9 Å². The maximum atomic E-state index is 12.5. The van der Waals surface area contributed by atoms with Crippen LogP contribution >= 0.6 is 11.8 Å². The number of carbonyl (C=O) groups excluding carboxylic acids is 1. The summed E-state index contributed by atoms with van der Waals surface area (Å²) in [6, 6.07) is 1.56. The van der Waals surface area contributed by atoms with Crippen molar-refractivity contribution in [1.82, 2.24) is 14.9 Å². The zero-order valence-corrected chi connectivity index (χ0v) is 16.2. The highest BCUT2D eigenvalue weighted by Crippen LogP contribution is 2.24. The molecule has 0 bridgehead atoms. The lowest BCUT2D eigenvalue weighted by molar-refractivity contribution is -0.120. The number of nitrogens with one attached hydrogen (secondary N) is 1. The lowest BCUT2D eigenvalue weighted by Gasteiger charge is -2.17. The number of aryl methyl sites for hydroxylation is 1. The number of nitrogens with zero attached hydrogens (tertiary/aromatic N) is 2. The molecular formula is C18H31N3O2S. The quantitative estimate of drug-likeness (QED) is 0.377. The maximum Gasteiger partial charge on any atom is 0.254 e. The maximum absolute atomic E-state index is 12.5. The Hall–Kier alpha value is -1.30. The number of hydrogen-bond acceptors (Lipinski definition) is 4. The van der Waals surface area contributed by atoms with Gasteiger partial charge in [-0.3, -0.25) is 14.2 Å². The first-order valence-corrected chi connectivity index (χ1v) is 9.92. The van der Waals surface area contributed by atoms with Crippen LogP contribution in [0.25, 0.3) is 0 Å². The van der Waals surface area contributed by atoms with Gasteiger partial charge >= 0.3 is 0 Å². The molecule has 0 aromatic carbocycles. The van der Waals surface area contributed by atoms with Gasteiger partial charge in [-0.05, 0) is 19.3 Å². The van der Waals surface area contributed by atoms with E-state index in [0.29, 0.717) is 11.6 Å². The van der Waals surface area contributed by atoms with Gasteiger partial charge in [0.25, 0.3) is 5.56 Å². The topological polar surface area (TPSA) is 64.0 Å². The molecule has 1 aromatic heterocycles. The fourth-order valence-electron chi connectivity index (χ4n) is 2.36. The standard InChI is InChI=1S/C18H31N3O2S/c1-5-8-9-10-12-19-17(23)15(11-6-2)24-18-20-14(7-3)13-16(22)21(18)4/h13,15H,5-12H2,1-4H3,(H,19,23). The van der Waals surface area contributed by atoms with Crippen molar-refractivity contribution in [2.45, 2.75) is 76.1 Å². The summed E-state index contributed by atoms with van der Waals surface area (Å²) in [5.74, 6) is 0.0505. The largest absolute Gasteiger partial charge is 0.355 e. The smallest absolute Gasteiger partial charge is 0.254 e. The van der Waals surface area contributed by atoms with Crippen molar-refractivity contribution in [3.05, 3.63) is 22.1 Å². The van der Waals surface area contributed by atoms with E-state index in [1.165, 1.54) is 29.2 Å². The first-order chi connectivity index (χ1) is 11.5. The fourth-order valence-corrected chi connectivity index (χ4v) is 3.58. The minimum atomic E-state index is -0.202. The van der Waals surface area contributed by atoms with Crippen molar-refractivity contribution < 1.29 is 4.79 Å². The van der Waals surface area contributed by atoms with E-state index in [1.807, 2.05) is 6.92 Å². The second-order valence-electron chi connectivity index (χ2n) is 6.03. The van der Waals surface area contributed by atoms with Gasteiger partial charge in [-0.1, -0.05) is 58.2 Å². The highest BCUT2D eigenvalue weighted by atomic mass is 32.2. The Labute approximate surface area is 149 Å². The van der Waals surface area contributed by atoms with E-state index in [1.54, 1.807) is 13.1 Å². The van der Waals surface area contributed by atoms with E-state index in [9.17, 15) is 9.59 Å². The molecule has 1 rings (SSSR count). The fraction of sp³-hybridized carbons (Fsp3) is 0.722. The summed E-state index contributed by atoms with van der Waals surface area (Å²) in [6.45, 7) is 6.94. The number of aromatic nitrogens is 2. The van der Waals surface area contributed by atoms with Crippen molar-refractivity contribution in [1.29, 1.82) is 0 Å². The molecular weight excluding hydrogens is 322 g/mol. The van der Waals surface area contributed by atoms with Gasteiger partial charge in [0, 0.05) is 25.4 Å². The summed E-state index contributed by atoms with van der Waals surface area (Å²) in [7, 11) is 1.71. The van der Waals surface area contributed by atoms with Crippen molar-refractivity contribution in [2.24, 2.45) is 7.05 Å². The van der Waals surface area contributed by atoms with Crippen LogP contribution in [-0.2, 0) is 18.3 Å². The van der Waals surface area contributed by atoms with Gasteiger partial charge in [0.1, 0.15) is 0 Å². The first kappa shape index (κ1) is 20.7. The lowest BCUT2D eigenvalue weighted by Crippen LogP contribution is -2.34. The predicted octanol–water partition coefficient (Wildman–Crippen LogP) is 3.30. The Kier molecular flexibility index (Phi) is 9.76. The summed E-state index contributed by atoms with van der Waals surface area (Å²) in [5, 5.41) is 3.46. The monoisotopic (exact) mass is 353 g/mol. The number of carbonyl (C=O) groups is 1. The van der Waals surface area contributed by atoms with Crippen LogP contribution in [0.1, 0.15) is 65.0 Å². The summed E-state index contributed by atoms with van der Waals surface area (Å²) < 4.78 is 1.53. The molecule has 24 heavy (non-hydrogen) atoms. The van der Waals surface area contributed by atoms with Gasteiger partial charge < -0.3 is 5.32 Å². The van der Waals surface area contributed by atoms with Crippen LogP contribution < -0.4 is 10.9 Å². The average molecular weight is 354 g/mol. The van der Waals surface area contributed by atoms with Crippen LogP contribution in [-0.4, -0.2) is 27.3 Å². The zero-order chi connectivity index (χ0) is 17.9. The van der Waals surface area contributed by atoms with Gasteiger partial charge in [0.2, 0.25) is 5.91 Å². The van der Waals surface area contributed by atoms with Crippen molar-refractivity contribution in [3.63, 3.8) is 0 Å². The molecule has 1 heterocycles. The number of rotatable bonds is 11. The molecule has 0 aliphatic rings. The molecule has 0 spiro atoms. The van der Waals surface area contributed by atoms with Crippen LogP contribution in [0.2, 0.25) is 0 Å². The molecule has 1 N–H and O–H groups in total. The third kappa shape index (κ3) is 6.67. The van der Waals surface area contributed by atoms with Gasteiger partial charge in [0.05, 0.1) is 5.25 Å². The highest BCUT2D eigenvalue weighted by Gasteiger charge is 2.21. The summed E-state index contributed by atoms with van der Waals surface area (Å²) in [4.78, 5) is 29.0. The highest BCUT2D eigenvalue weighted by molar-refractivity contribution is 8.00. The molecule has 0 aliphatic heterocycles. The molecule has 0 saturated heterocycles. The van der Waals surface area contributed by atoms with Crippen molar-refractivity contribution in [2.75, 3.05) is 6.54 Å². The van der Waals surface area contributed by atoms with Crippen molar-refractivity contribution in [3.8, 4) is 0 Å². The summed E-state index contributed by atoms with van der Waals surface area (Å²) in [6.07, 6.45) is 6.97. The first-order valence-electron chi connectivity index (χ1n) is 9.04. The Bertz CT molecular complexity index is 572. The Morgan fingerprint density at radius 1 is 1.25 bits per heavy atom. The molecule has 6 heteroatoms. The molecule has 1 unspecified atom stereocenters. The molecule has 5 nitrogen and oxygen atoms in total. The third-order valence-corrected chi connectivity index (χ3v) is 5.24. The minimum Gasteiger partial charge on any atom is -0.355 e. The molecule has 1 aromatic rings. The minimum absolute atomic E-state index is 0.0505. The van der Waals surface area contributed by atoms with Crippen LogP contribution in [0.4, 0.5) is 0 Å². The predicted molar refractivity (Wildman–Crippen MR) is 101 cm³/mol. The van der Waals surface area contributed by atoms with Crippen molar-refractivity contribution >= 4 is 17.7 Å². The Morgan fingerprint density at radius 2 is 2.00 bits per heavy atom. The number of unbranched alkanes of at least 4 members (excludes halogenated alkanes) is 3. The van der Waals surface area contributed by atoms with Gasteiger partial charge in [-0.15, -0.1) is 0 Å². The van der Waals surface area contributed by atoms with Crippen LogP contribution in [0.15, 0.2) is 16.0 Å². The molecule has 0 saturated carbocycles. The second-order valence-corrected chi connectivity index (χ2v) is 7.20. The summed E-state index contributed by atoms with van der Waals surface area (Å²) in [5.41, 5.74) is 0.704. The molecule has 0 radical (unpaired) electrons. The molecule has 1 amide bonds. The zero-order valence-electron chi connectivity index (χ0n) is 15.4. The molecule has 0 fully saturated rings. The van der Waals surface area contributed by atoms with E-state index in [2.05, 4.69) is 24.1 Å². The Balaban J connectivity index is 2.73. The average Bonchev–Trinajstić information content (AvgIpc) is 2.57. The number of hydrogen-bond donors (Lipinski definition) is 1. The van der Waals surface area contributed by atoms with E-state index in [-0.39, 0.29) is 16.7 Å².